The molecule has 1 aliphatic heterocycles. The quantitative estimate of drug-likeness (QED) is 0.530. The third-order valence-electron chi connectivity index (χ3n) is 5.01. The molecule has 0 fully saturated rings. The standard InChI is InChI=1S/C23H21BrN2O2S/c1-13-4-5-18-17(11-13)22(16-9-14(2)8-15(3)10-16)26(12-21(27)25-18)23(28)19-6-7-20(24)29-19/h4-11,22H,12H2,1-3H3,(H,25,27)/t22-/m0/s1. The lowest BCUT2D eigenvalue weighted by atomic mass is 9.92. The van der Waals surface area contributed by atoms with E-state index in [-0.39, 0.29) is 24.4 Å². The highest BCUT2D eigenvalue weighted by Crippen LogP contribution is 2.38. The molecule has 1 atom stereocenters. The van der Waals surface area contributed by atoms with E-state index in [2.05, 4.69) is 59.4 Å². The minimum Gasteiger partial charge on any atom is -0.324 e. The highest BCUT2D eigenvalue weighted by atomic mass is 79.9. The molecule has 0 saturated heterocycles. The minimum absolute atomic E-state index is 0.000262. The molecule has 0 saturated carbocycles. The second-order valence-corrected chi connectivity index (χ2v) is 9.96. The van der Waals surface area contributed by atoms with Gasteiger partial charge in [0.2, 0.25) is 5.91 Å². The van der Waals surface area contributed by atoms with E-state index in [4.69, 9.17) is 0 Å². The molecule has 0 unspecified atom stereocenters. The van der Waals surface area contributed by atoms with Gasteiger partial charge in [0.05, 0.1) is 14.7 Å². The van der Waals surface area contributed by atoms with Crippen molar-refractivity contribution in [2.45, 2.75) is 26.8 Å². The molecule has 4 nitrogen and oxygen atoms in total. The number of carbonyl (C=O) groups excluding carboxylic acids is 2. The summed E-state index contributed by atoms with van der Waals surface area (Å²) in [6.07, 6.45) is 0. The van der Waals surface area contributed by atoms with Crippen LogP contribution >= 0.6 is 27.3 Å². The molecule has 4 rings (SSSR count). The van der Waals surface area contributed by atoms with E-state index in [1.807, 2.05) is 25.1 Å². The summed E-state index contributed by atoms with van der Waals surface area (Å²) >= 11 is 4.81. The van der Waals surface area contributed by atoms with Crippen molar-refractivity contribution in [2.24, 2.45) is 0 Å². The number of rotatable bonds is 2. The van der Waals surface area contributed by atoms with Crippen LogP contribution in [0.1, 0.15) is 43.5 Å². The van der Waals surface area contributed by atoms with Crippen molar-refractivity contribution in [3.05, 3.63) is 85.0 Å². The Bertz CT molecular complexity index is 1100. The number of hydrogen-bond acceptors (Lipinski definition) is 3. The van der Waals surface area contributed by atoms with Crippen molar-refractivity contribution in [1.82, 2.24) is 4.90 Å². The van der Waals surface area contributed by atoms with E-state index >= 15 is 0 Å². The number of anilines is 1. The molecule has 1 aromatic heterocycles. The molecule has 2 amide bonds. The summed E-state index contributed by atoms with van der Waals surface area (Å²) in [5, 5.41) is 2.98. The molecule has 148 valence electrons. The number of fused-ring (bicyclic) bond motifs is 1. The lowest BCUT2D eigenvalue weighted by Gasteiger charge is -2.31. The smallest absolute Gasteiger partial charge is 0.265 e. The van der Waals surface area contributed by atoms with Gasteiger partial charge in [0, 0.05) is 11.3 Å². The first-order valence-electron chi connectivity index (χ1n) is 9.37. The number of aryl methyl sites for hydroxylation is 3. The summed E-state index contributed by atoms with van der Waals surface area (Å²) in [7, 11) is 0. The maximum Gasteiger partial charge on any atom is 0.265 e. The van der Waals surface area contributed by atoms with Gasteiger partial charge in [0.1, 0.15) is 6.54 Å². The molecule has 0 aliphatic carbocycles. The van der Waals surface area contributed by atoms with Gasteiger partial charge >= 0.3 is 0 Å². The topological polar surface area (TPSA) is 49.4 Å². The zero-order valence-electron chi connectivity index (χ0n) is 16.5. The molecular formula is C23H21BrN2O2S. The molecule has 29 heavy (non-hydrogen) atoms. The van der Waals surface area contributed by atoms with Crippen molar-refractivity contribution in [2.75, 3.05) is 11.9 Å². The Labute approximate surface area is 182 Å². The van der Waals surface area contributed by atoms with Gasteiger partial charge in [-0.2, -0.15) is 0 Å². The molecule has 2 aromatic carbocycles. The number of nitrogens with one attached hydrogen (secondary N) is 1. The summed E-state index contributed by atoms with van der Waals surface area (Å²) in [6.45, 7) is 6.13. The Kier molecular flexibility index (Phi) is 5.32. The van der Waals surface area contributed by atoms with E-state index in [1.54, 1.807) is 11.0 Å². The van der Waals surface area contributed by atoms with Crippen LogP contribution in [-0.2, 0) is 4.79 Å². The number of carbonyl (C=O) groups is 2. The Morgan fingerprint density at radius 3 is 2.41 bits per heavy atom. The van der Waals surface area contributed by atoms with Crippen molar-refractivity contribution >= 4 is 44.8 Å². The van der Waals surface area contributed by atoms with Crippen LogP contribution in [0.4, 0.5) is 5.69 Å². The summed E-state index contributed by atoms with van der Waals surface area (Å²) in [4.78, 5) is 28.5. The fraction of sp³-hybridized carbons (Fsp3) is 0.217. The Balaban J connectivity index is 1.93. The number of nitrogens with zero attached hydrogens (tertiary/aromatic N) is 1. The van der Waals surface area contributed by atoms with Crippen molar-refractivity contribution in [3.63, 3.8) is 0 Å². The largest absolute Gasteiger partial charge is 0.324 e. The molecule has 3 aromatic rings. The number of halogens is 1. The third kappa shape index (κ3) is 4.00. The van der Waals surface area contributed by atoms with Crippen molar-refractivity contribution in [3.8, 4) is 0 Å². The molecule has 1 aliphatic rings. The maximum absolute atomic E-state index is 13.5. The molecule has 1 N–H and O–H groups in total. The second kappa shape index (κ2) is 7.76. The van der Waals surface area contributed by atoms with Crippen LogP contribution in [0.5, 0.6) is 0 Å². The Morgan fingerprint density at radius 1 is 1.03 bits per heavy atom. The van der Waals surface area contributed by atoms with E-state index in [0.29, 0.717) is 4.88 Å². The van der Waals surface area contributed by atoms with Crippen LogP contribution in [0.25, 0.3) is 0 Å². The van der Waals surface area contributed by atoms with Gasteiger partial charge in [-0.3, -0.25) is 9.59 Å². The zero-order chi connectivity index (χ0) is 20.7. The van der Waals surface area contributed by atoms with Crippen LogP contribution in [0.15, 0.2) is 52.3 Å². The number of amides is 2. The highest BCUT2D eigenvalue weighted by Gasteiger charge is 2.34. The van der Waals surface area contributed by atoms with Crippen molar-refractivity contribution in [1.29, 1.82) is 0 Å². The molecule has 2 heterocycles. The van der Waals surface area contributed by atoms with E-state index in [0.717, 1.165) is 37.3 Å². The first-order chi connectivity index (χ1) is 13.8. The number of benzene rings is 2. The fourth-order valence-electron chi connectivity index (χ4n) is 3.91. The van der Waals surface area contributed by atoms with Crippen LogP contribution < -0.4 is 5.32 Å². The van der Waals surface area contributed by atoms with Gasteiger partial charge < -0.3 is 10.2 Å². The molecule has 0 spiro atoms. The summed E-state index contributed by atoms with van der Waals surface area (Å²) in [5.74, 6) is -0.333. The normalized spacial score (nSPS) is 16.2. The van der Waals surface area contributed by atoms with Gasteiger partial charge in [-0.25, -0.2) is 0 Å². The fourth-order valence-corrected chi connectivity index (χ4v) is 5.26. The van der Waals surface area contributed by atoms with Crippen LogP contribution in [-0.4, -0.2) is 23.3 Å². The average molecular weight is 469 g/mol. The molecule has 6 heteroatoms. The number of hydrogen-bond donors (Lipinski definition) is 1. The van der Waals surface area contributed by atoms with E-state index < -0.39 is 0 Å². The predicted octanol–water partition coefficient (Wildman–Crippen LogP) is 5.62. The molecular weight excluding hydrogens is 448 g/mol. The second-order valence-electron chi connectivity index (χ2n) is 7.50. The summed E-state index contributed by atoms with van der Waals surface area (Å²) in [5.41, 5.74) is 6.04. The van der Waals surface area contributed by atoms with Crippen molar-refractivity contribution < 1.29 is 9.59 Å². The monoisotopic (exact) mass is 468 g/mol. The minimum atomic E-state index is -0.351. The zero-order valence-corrected chi connectivity index (χ0v) is 18.9. The lowest BCUT2D eigenvalue weighted by molar-refractivity contribution is -0.117. The lowest BCUT2D eigenvalue weighted by Crippen LogP contribution is -2.38. The van der Waals surface area contributed by atoms with Crippen LogP contribution in [0.3, 0.4) is 0 Å². The van der Waals surface area contributed by atoms with Gasteiger partial charge in [-0.05, 0) is 60.5 Å². The molecule has 0 bridgehead atoms. The SMILES string of the molecule is Cc1cc(C)cc([C@H]2c3cc(C)ccc3NC(=O)CN2C(=O)c2ccc(Br)s2)c1. The summed E-state index contributed by atoms with van der Waals surface area (Å²) < 4.78 is 0.888. The third-order valence-corrected chi connectivity index (χ3v) is 6.62. The highest BCUT2D eigenvalue weighted by molar-refractivity contribution is 9.11. The Morgan fingerprint density at radius 2 is 1.76 bits per heavy atom. The number of thiophene rings is 1. The van der Waals surface area contributed by atoms with E-state index in [1.165, 1.54) is 11.3 Å². The average Bonchev–Trinajstić information content (AvgIpc) is 3.02. The van der Waals surface area contributed by atoms with Gasteiger partial charge in [0.25, 0.3) is 5.91 Å². The van der Waals surface area contributed by atoms with E-state index in [9.17, 15) is 9.59 Å². The van der Waals surface area contributed by atoms with Gasteiger partial charge in [-0.15, -0.1) is 11.3 Å². The van der Waals surface area contributed by atoms with Gasteiger partial charge in [-0.1, -0.05) is 47.0 Å². The van der Waals surface area contributed by atoms with Crippen LogP contribution in [0.2, 0.25) is 0 Å². The van der Waals surface area contributed by atoms with Crippen LogP contribution in [0, 0.1) is 20.8 Å². The molecule has 0 radical (unpaired) electrons. The first kappa shape index (κ1) is 19.9. The first-order valence-corrected chi connectivity index (χ1v) is 11.0. The Hall–Kier alpha value is -2.44. The maximum atomic E-state index is 13.5. The predicted molar refractivity (Wildman–Crippen MR) is 121 cm³/mol. The van der Waals surface area contributed by atoms with Gasteiger partial charge in [0.15, 0.2) is 0 Å². The summed E-state index contributed by atoms with van der Waals surface area (Å²) in [6, 6.07) is 15.6.